The van der Waals surface area contributed by atoms with Crippen LogP contribution in [0.5, 0.6) is 5.75 Å². The largest absolute Gasteiger partial charge is 0.490 e. The highest BCUT2D eigenvalue weighted by Gasteiger charge is 2.27. The van der Waals surface area contributed by atoms with Crippen molar-refractivity contribution in [1.29, 1.82) is 5.26 Å². The maximum Gasteiger partial charge on any atom is 0.251 e. The number of nitrogens with one attached hydrogen (secondary N) is 1. The zero-order chi connectivity index (χ0) is 25.7. The van der Waals surface area contributed by atoms with Gasteiger partial charge in [-0.25, -0.2) is 0 Å². The van der Waals surface area contributed by atoms with E-state index in [2.05, 4.69) is 56.5 Å². The van der Waals surface area contributed by atoms with Gasteiger partial charge in [0.25, 0.3) is 5.91 Å². The minimum atomic E-state index is -0.289. The standard InChI is InChI=1S/C28H29BrN4O3/c1-18(2)36-26-10-9-21(15-22(26)16-30)28(35)31-23(11-13-34)14-19-5-7-20(8-6-19)25-17-33-12-3-4-24(29)27(33)32-25/h3-10,12,15,18,23,25,34H,11,13-14,17H2,1-2H3,(H,31,35)/t23-,25?/m1/s1. The number of hydrogen-bond acceptors (Lipinski definition) is 6. The molecule has 0 radical (unpaired) electrons. The molecule has 1 amide bonds. The van der Waals surface area contributed by atoms with Gasteiger partial charge in [-0.1, -0.05) is 24.3 Å². The van der Waals surface area contributed by atoms with Crippen LogP contribution < -0.4 is 10.1 Å². The number of carbonyl (C=O) groups is 1. The highest BCUT2D eigenvalue weighted by molar-refractivity contribution is 9.12. The molecular formula is C28H29BrN4O3. The monoisotopic (exact) mass is 548 g/mol. The lowest BCUT2D eigenvalue weighted by Crippen LogP contribution is -2.37. The Labute approximate surface area is 219 Å². The van der Waals surface area contributed by atoms with Gasteiger partial charge < -0.3 is 20.1 Å². The van der Waals surface area contributed by atoms with Crippen LogP contribution in [0.25, 0.3) is 0 Å². The van der Waals surface area contributed by atoms with Gasteiger partial charge in [0.2, 0.25) is 0 Å². The second-order valence-corrected chi connectivity index (χ2v) is 9.95. The highest BCUT2D eigenvalue weighted by atomic mass is 79.9. The average molecular weight is 549 g/mol. The minimum absolute atomic E-state index is 0.0427. The Balaban J connectivity index is 1.41. The molecule has 2 atom stereocenters. The van der Waals surface area contributed by atoms with E-state index >= 15 is 0 Å². The number of benzene rings is 2. The van der Waals surface area contributed by atoms with Crippen LogP contribution in [0.4, 0.5) is 0 Å². The van der Waals surface area contributed by atoms with Crippen molar-refractivity contribution in [1.82, 2.24) is 10.2 Å². The molecule has 8 heteroatoms. The molecule has 0 saturated carbocycles. The van der Waals surface area contributed by atoms with Crippen LogP contribution in [0.15, 0.2) is 70.3 Å². The van der Waals surface area contributed by atoms with Gasteiger partial charge in [-0.2, -0.15) is 5.26 Å². The first kappa shape index (κ1) is 25.7. The maximum atomic E-state index is 12.9. The Bertz CT molecular complexity index is 1240. The number of amidine groups is 1. The smallest absolute Gasteiger partial charge is 0.251 e. The Morgan fingerprint density at radius 1 is 1.31 bits per heavy atom. The van der Waals surface area contributed by atoms with E-state index in [-0.39, 0.29) is 30.7 Å². The number of rotatable bonds is 9. The molecule has 0 fully saturated rings. The van der Waals surface area contributed by atoms with Crippen molar-refractivity contribution in [3.8, 4) is 11.8 Å². The van der Waals surface area contributed by atoms with Crippen molar-refractivity contribution in [2.24, 2.45) is 4.99 Å². The number of nitrogens with zero attached hydrogens (tertiary/aromatic N) is 3. The molecule has 0 aliphatic carbocycles. The predicted octanol–water partition coefficient (Wildman–Crippen LogP) is 4.63. The number of carbonyl (C=O) groups excluding carboxylic acids is 1. The summed E-state index contributed by atoms with van der Waals surface area (Å²) in [5, 5.41) is 22.0. The molecule has 0 bridgehead atoms. The third kappa shape index (κ3) is 6.04. The zero-order valence-electron chi connectivity index (χ0n) is 20.3. The van der Waals surface area contributed by atoms with Gasteiger partial charge in [-0.3, -0.25) is 9.79 Å². The second-order valence-electron chi connectivity index (χ2n) is 9.09. The molecule has 2 heterocycles. The van der Waals surface area contributed by atoms with Crippen LogP contribution in [-0.2, 0) is 6.42 Å². The van der Waals surface area contributed by atoms with E-state index in [1.54, 1.807) is 12.1 Å². The Morgan fingerprint density at radius 3 is 2.75 bits per heavy atom. The molecule has 36 heavy (non-hydrogen) atoms. The van der Waals surface area contributed by atoms with E-state index in [4.69, 9.17) is 9.73 Å². The van der Waals surface area contributed by atoms with Crippen molar-refractivity contribution in [3.05, 3.63) is 87.6 Å². The summed E-state index contributed by atoms with van der Waals surface area (Å²) in [6.45, 7) is 4.52. The normalized spacial score (nSPS) is 17.2. The summed E-state index contributed by atoms with van der Waals surface area (Å²) in [5.74, 6) is 1.11. The first-order valence-electron chi connectivity index (χ1n) is 12.0. The van der Waals surface area contributed by atoms with Crippen LogP contribution in [0, 0.1) is 11.3 Å². The van der Waals surface area contributed by atoms with Gasteiger partial charge >= 0.3 is 0 Å². The molecule has 2 aromatic rings. The van der Waals surface area contributed by atoms with Crippen LogP contribution in [-0.4, -0.2) is 47.0 Å². The predicted molar refractivity (Wildman–Crippen MR) is 143 cm³/mol. The van der Waals surface area contributed by atoms with Crippen LogP contribution in [0.2, 0.25) is 0 Å². The summed E-state index contributed by atoms with van der Waals surface area (Å²) in [6, 6.07) is 15.0. The van der Waals surface area contributed by atoms with Crippen LogP contribution in [0.3, 0.4) is 0 Å². The molecule has 2 aliphatic rings. The SMILES string of the molecule is CC(C)Oc1ccc(C(=O)N[C@H](CCO)Cc2ccc(C3CN4C=CC=C(Br)C4=N3)cc2)cc1C#N. The lowest BCUT2D eigenvalue weighted by molar-refractivity contribution is 0.0930. The van der Waals surface area contributed by atoms with Crippen molar-refractivity contribution >= 4 is 27.7 Å². The molecule has 0 aromatic heterocycles. The number of ether oxygens (including phenoxy) is 1. The van der Waals surface area contributed by atoms with E-state index < -0.39 is 0 Å². The fourth-order valence-electron chi connectivity index (χ4n) is 4.28. The van der Waals surface area contributed by atoms with E-state index in [1.807, 2.05) is 32.2 Å². The number of aliphatic hydroxyl groups is 1. The third-order valence-electron chi connectivity index (χ3n) is 6.03. The minimum Gasteiger partial charge on any atom is -0.490 e. The third-order valence-corrected chi connectivity index (χ3v) is 6.65. The molecule has 2 N–H and O–H groups in total. The Kier molecular flexibility index (Phi) is 8.24. The zero-order valence-corrected chi connectivity index (χ0v) is 21.9. The number of aliphatic imine (C=N–C) groups is 1. The van der Waals surface area contributed by atoms with Crippen molar-refractivity contribution in [3.63, 3.8) is 0 Å². The van der Waals surface area contributed by atoms with E-state index in [9.17, 15) is 15.2 Å². The molecule has 4 rings (SSSR count). The Hall–Kier alpha value is -3.41. The van der Waals surface area contributed by atoms with Gasteiger partial charge in [-0.05, 0) is 84.1 Å². The van der Waals surface area contributed by atoms with Crippen LogP contribution in [0.1, 0.15) is 53.4 Å². The van der Waals surface area contributed by atoms with E-state index in [0.29, 0.717) is 29.7 Å². The fourth-order valence-corrected chi connectivity index (χ4v) is 4.76. The van der Waals surface area contributed by atoms with E-state index in [1.165, 1.54) is 6.07 Å². The molecule has 0 spiro atoms. The number of hydrogen-bond donors (Lipinski definition) is 2. The molecule has 0 saturated heterocycles. The first-order chi connectivity index (χ1) is 17.4. The topological polar surface area (TPSA) is 97.9 Å². The van der Waals surface area contributed by atoms with Crippen molar-refractivity contribution in [2.45, 2.75) is 44.9 Å². The number of halogens is 1. The fraction of sp³-hybridized carbons (Fsp3) is 0.321. The van der Waals surface area contributed by atoms with Gasteiger partial charge in [0.1, 0.15) is 17.7 Å². The summed E-state index contributed by atoms with van der Waals surface area (Å²) in [6.07, 6.45) is 6.95. The van der Waals surface area contributed by atoms with Gasteiger partial charge in [0, 0.05) is 24.4 Å². The van der Waals surface area contributed by atoms with Crippen molar-refractivity contribution < 1.29 is 14.6 Å². The number of fused-ring (bicyclic) bond motifs is 1. The number of amides is 1. The summed E-state index contributed by atoms with van der Waals surface area (Å²) < 4.78 is 6.62. The average Bonchev–Trinajstić information content (AvgIpc) is 3.30. The molecular weight excluding hydrogens is 520 g/mol. The van der Waals surface area contributed by atoms with Crippen molar-refractivity contribution in [2.75, 3.05) is 13.2 Å². The quantitative estimate of drug-likeness (QED) is 0.476. The molecule has 2 aromatic carbocycles. The molecule has 1 unspecified atom stereocenters. The van der Waals surface area contributed by atoms with Gasteiger partial charge in [0.05, 0.1) is 28.7 Å². The summed E-state index contributed by atoms with van der Waals surface area (Å²) in [7, 11) is 0. The first-order valence-corrected chi connectivity index (χ1v) is 12.8. The summed E-state index contributed by atoms with van der Waals surface area (Å²) >= 11 is 3.57. The Morgan fingerprint density at radius 2 is 2.08 bits per heavy atom. The summed E-state index contributed by atoms with van der Waals surface area (Å²) in [5.41, 5.74) is 2.88. The maximum absolute atomic E-state index is 12.9. The lowest BCUT2D eigenvalue weighted by atomic mass is 9.99. The highest BCUT2D eigenvalue weighted by Crippen LogP contribution is 2.31. The van der Waals surface area contributed by atoms with E-state index in [0.717, 1.165) is 28.0 Å². The molecule has 7 nitrogen and oxygen atoms in total. The molecule has 2 aliphatic heterocycles. The number of nitriles is 1. The molecule has 186 valence electrons. The summed E-state index contributed by atoms with van der Waals surface area (Å²) in [4.78, 5) is 19.9. The van der Waals surface area contributed by atoms with Crippen LogP contribution >= 0.6 is 15.9 Å². The lowest BCUT2D eigenvalue weighted by Gasteiger charge is -2.19. The van der Waals surface area contributed by atoms with Gasteiger partial charge in [-0.15, -0.1) is 0 Å². The van der Waals surface area contributed by atoms with Gasteiger partial charge in [0.15, 0.2) is 0 Å². The second kappa shape index (κ2) is 11.5. The number of allylic oxidation sites excluding steroid dienone is 2. The number of aliphatic hydroxyl groups excluding tert-OH is 1.